The first-order chi connectivity index (χ1) is 9.58. The molecule has 20 heavy (non-hydrogen) atoms. The van der Waals surface area contributed by atoms with E-state index in [1.54, 1.807) is 11.3 Å². The number of aromatic nitrogens is 4. The lowest BCUT2D eigenvalue weighted by Gasteiger charge is -2.16. The Hall–Kier alpha value is -1.96. The highest BCUT2D eigenvalue weighted by Gasteiger charge is 2.11. The number of thiazole rings is 1. The molecular weight excluding hydrogens is 276 g/mol. The minimum absolute atomic E-state index is 0.155. The lowest BCUT2D eigenvalue weighted by atomic mass is 10.4. The van der Waals surface area contributed by atoms with Gasteiger partial charge in [-0.05, 0) is 13.3 Å². The Morgan fingerprint density at radius 3 is 2.75 bits per heavy atom. The molecule has 108 valence electrons. The monoisotopic (exact) mass is 294 g/mol. The van der Waals surface area contributed by atoms with Gasteiger partial charge in [-0.3, -0.25) is 0 Å². The summed E-state index contributed by atoms with van der Waals surface area (Å²) in [5.41, 5.74) is 6.66. The number of anilines is 2. The van der Waals surface area contributed by atoms with Crippen LogP contribution in [-0.2, 0) is 6.54 Å². The zero-order chi connectivity index (χ0) is 14.5. The van der Waals surface area contributed by atoms with Gasteiger partial charge >= 0.3 is 6.01 Å². The molecular formula is C12H18N6OS. The highest BCUT2D eigenvalue weighted by molar-refractivity contribution is 7.09. The van der Waals surface area contributed by atoms with Crippen LogP contribution in [0.1, 0.15) is 24.0 Å². The third kappa shape index (κ3) is 3.77. The first-order valence-electron chi connectivity index (χ1n) is 6.35. The maximum Gasteiger partial charge on any atom is 0.323 e. The van der Waals surface area contributed by atoms with E-state index in [2.05, 4.69) is 19.9 Å². The highest BCUT2D eigenvalue weighted by atomic mass is 32.1. The lowest BCUT2D eigenvalue weighted by Crippen LogP contribution is -2.21. The Labute approximate surface area is 121 Å². The van der Waals surface area contributed by atoms with E-state index >= 15 is 0 Å². The predicted octanol–water partition coefficient (Wildman–Crippen LogP) is 1.64. The second kappa shape index (κ2) is 6.47. The van der Waals surface area contributed by atoms with E-state index in [-0.39, 0.29) is 12.0 Å². The SMILES string of the molecule is CCCOc1nc(N)nc(N(C)Cc2csc(C)n2)n1. The van der Waals surface area contributed by atoms with Crippen molar-refractivity contribution in [2.45, 2.75) is 26.8 Å². The zero-order valence-corrected chi connectivity index (χ0v) is 12.6. The van der Waals surface area contributed by atoms with E-state index in [1.807, 2.05) is 31.2 Å². The minimum Gasteiger partial charge on any atom is -0.463 e. The van der Waals surface area contributed by atoms with Crippen molar-refractivity contribution in [2.24, 2.45) is 0 Å². The Balaban J connectivity index is 2.12. The van der Waals surface area contributed by atoms with Crippen LogP contribution in [0.4, 0.5) is 11.9 Å². The summed E-state index contributed by atoms with van der Waals surface area (Å²) < 4.78 is 5.40. The van der Waals surface area contributed by atoms with Crippen molar-refractivity contribution in [3.8, 4) is 6.01 Å². The second-order valence-electron chi connectivity index (χ2n) is 4.34. The average molecular weight is 294 g/mol. The molecule has 0 fully saturated rings. The molecule has 7 nitrogen and oxygen atoms in total. The molecule has 0 aliphatic heterocycles. The van der Waals surface area contributed by atoms with Crippen molar-refractivity contribution < 1.29 is 4.74 Å². The number of nitrogens with zero attached hydrogens (tertiary/aromatic N) is 5. The fourth-order valence-electron chi connectivity index (χ4n) is 1.58. The van der Waals surface area contributed by atoms with Crippen molar-refractivity contribution in [2.75, 3.05) is 24.3 Å². The van der Waals surface area contributed by atoms with Crippen LogP contribution in [-0.4, -0.2) is 33.6 Å². The smallest absolute Gasteiger partial charge is 0.323 e. The molecule has 2 heterocycles. The number of nitrogens with two attached hydrogens (primary N) is 1. The molecule has 2 aromatic rings. The van der Waals surface area contributed by atoms with Gasteiger partial charge in [0, 0.05) is 12.4 Å². The molecule has 0 aliphatic rings. The number of aryl methyl sites for hydroxylation is 1. The fourth-order valence-corrected chi connectivity index (χ4v) is 2.19. The molecule has 0 atom stereocenters. The van der Waals surface area contributed by atoms with Crippen LogP contribution in [0.3, 0.4) is 0 Å². The van der Waals surface area contributed by atoms with Crippen LogP contribution < -0.4 is 15.4 Å². The van der Waals surface area contributed by atoms with Crippen LogP contribution in [0.15, 0.2) is 5.38 Å². The number of ether oxygens (including phenoxy) is 1. The summed E-state index contributed by atoms with van der Waals surface area (Å²) in [5.74, 6) is 0.636. The second-order valence-corrected chi connectivity index (χ2v) is 5.40. The first kappa shape index (κ1) is 14.4. The number of rotatable bonds is 6. The van der Waals surface area contributed by atoms with Gasteiger partial charge in [-0.1, -0.05) is 6.92 Å². The van der Waals surface area contributed by atoms with Crippen LogP contribution in [0.5, 0.6) is 6.01 Å². The zero-order valence-electron chi connectivity index (χ0n) is 11.8. The molecule has 0 spiro atoms. The summed E-state index contributed by atoms with van der Waals surface area (Å²) in [6, 6.07) is 0.260. The maximum atomic E-state index is 5.68. The lowest BCUT2D eigenvalue weighted by molar-refractivity contribution is 0.292. The topological polar surface area (TPSA) is 90.0 Å². The van der Waals surface area contributed by atoms with Crippen LogP contribution in [0.2, 0.25) is 0 Å². The Morgan fingerprint density at radius 2 is 2.10 bits per heavy atom. The van der Waals surface area contributed by atoms with E-state index in [0.717, 1.165) is 17.1 Å². The van der Waals surface area contributed by atoms with Crippen molar-refractivity contribution >= 4 is 23.2 Å². The third-order valence-corrected chi connectivity index (χ3v) is 3.29. The molecule has 0 radical (unpaired) electrons. The Kier molecular flexibility index (Phi) is 4.67. The molecule has 2 N–H and O–H groups in total. The average Bonchev–Trinajstić information content (AvgIpc) is 2.81. The van der Waals surface area contributed by atoms with Crippen LogP contribution in [0.25, 0.3) is 0 Å². The standard InChI is InChI=1S/C12H18N6OS/c1-4-5-19-12-16-10(13)15-11(17-12)18(3)6-9-7-20-8(2)14-9/h7H,4-6H2,1-3H3,(H2,13,15,16,17). The molecule has 2 rings (SSSR count). The number of hydrogen-bond donors (Lipinski definition) is 1. The van der Waals surface area contributed by atoms with Gasteiger partial charge < -0.3 is 15.4 Å². The molecule has 8 heteroatoms. The summed E-state index contributed by atoms with van der Waals surface area (Å²) in [4.78, 5) is 18.6. The van der Waals surface area contributed by atoms with Crippen molar-refractivity contribution in [1.82, 2.24) is 19.9 Å². The van der Waals surface area contributed by atoms with Gasteiger partial charge in [0.1, 0.15) is 0 Å². The Morgan fingerprint density at radius 1 is 1.30 bits per heavy atom. The third-order valence-electron chi connectivity index (χ3n) is 2.46. The summed E-state index contributed by atoms with van der Waals surface area (Å²) in [6.45, 7) is 5.16. The number of hydrogen-bond acceptors (Lipinski definition) is 8. The molecule has 0 aromatic carbocycles. The Bertz CT molecular complexity index is 573. The summed E-state index contributed by atoms with van der Waals surface area (Å²) in [6.07, 6.45) is 0.884. The molecule has 2 aromatic heterocycles. The van der Waals surface area contributed by atoms with Gasteiger partial charge in [0.05, 0.1) is 23.9 Å². The van der Waals surface area contributed by atoms with Gasteiger partial charge in [-0.2, -0.15) is 15.0 Å². The largest absolute Gasteiger partial charge is 0.463 e. The predicted molar refractivity (Wildman–Crippen MR) is 79.0 cm³/mol. The molecule has 0 amide bonds. The highest BCUT2D eigenvalue weighted by Crippen LogP contribution is 2.16. The van der Waals surface area contributed by atoms with E-state index in [4.69, 9.17) is 10.5 Å². The van der Waals surface area contributed by atoms with Gasteiger partial charge in [0.25, 0.3) is 0 Å². The minimum atomic E-state index is 0.155. The molecule has 0 saturated heterocycles. The number of nitrogen functional groups attached to an aromatic ring is 1. The molecule has 0 saturated carbocycles. The van der Waals surface area contributed by atoms with E-state index in [1.165, 1.54) is 0 Å². The summed E-state index contributed by atoms with van der Waals surface area (Å²) in [7, 11) is 1.88. The van der Waals surface area contributed by atoms with E-state index in [0.29, 0.717) is 19.1 Å². The first-order valence-corrected chi connectivity index (χ1v) is 7.23. The summed E-state index contributed by atoms with van der Waals surface area (Å²) in [5, 5.41) is 3.06. The van der Waals surface area contributed by atoms with Gasteiger partial charge in [-0.15, -0.1) is 11.3 Å². The van der Waals surface area contributed by atoms with Crippen LogP contribution in [0, 0.1) is 6.92 Å². The summed E-state index contributed by atoms with van der Waals surface area (Å²) >= 11 is 1.62. The quantitative estimate of drug-likeness (QED) is 0.866. The van der Waals surface area contributed by atoms with Gasteiger partial charge in [0.15, 0.2) is 0 Å². The van der Waals surface area contributed by atoms with Crippen molar-refractivity contribution in [3.63, 3.8) is 0 Å². The van der Waals surface area contributed by atoms with Crippen molar-refractivity contribution in [3.05, 3.63) is 16.1 Å². The molecule has 0 aliphatic carbocycles. The normalized spacial score (nSPS) is 10.6. The maximum absolute atomic E-state index is 5.68. The van der Waals surface area contributed by atoms with Crippen LogP contribution >= 0.6 is 11.3 Å². The van der Waals surface area contributed by atoms with Gasteiger partial charge in [0.2, 0.25) is 11.9 Å². The van der Waals surface area contributed by atoms with E-state index < -0.39 is 0 Å². The molecule has 0 bridgehead atoms. The van der Waals surface area contributed by atoms with Crippen molar-refractivity contribution in [1.29, 1.82) is 0 Å². The fraction of sp³-hybridized carbons (Fsp3) is 0.500. The van der Waals surface area contributed by atoms with Gasteiger partial charge in [-0.25, -0.2) is 4.98 Å². The molecule has 0 unspecified atom stereocenters. The van der Waals surface area contributed by atoms with E-state index in [9.17, 15) is 0 Å².